The fourth-order valence-corrected chi connectivity index (χ4v) is 11.0. The fourth-order valence-electron chi connectivity index (χ4n) is 9.48. The number of urea groups is 1. The van der Waals surface area contributed by atoms with Gasteiger partial charge in [-0.1, -0.05) is 25.5 Å². The monoisotopic (exact) mass is 1200 g/mol. The summed E-state index contributed by atoms with van der Waals surface area (Å²) in [6.07, 6.45) is 10.7. The van der Waals surface area contributed by atoms with Gasteiger partial charge in [-0.2, -0.15) is 11.8 Å². The van der Waals surface area contributed by atoms with Gasteiger partial charge in [-0.15, -0.1) is 5.10 Å². The first kappa shape index (κ1) is 68.3. The van der Waals surface area contributed by atoms with E-state index in [0.29, 0.717) is 114 Å². The summed E-state index contributed by atoms with van der Waals surface area (Å²) >= 11 is 1.87. The lowest BCUT2D eigenvalue weighted by Gasteiger charge is -2.27. The zero-order chi connectivity index (χ0) is 60.6. The van der Waals surface area contributed by atoms with Crippen LogP contribution in [-0.4, -0.2) is 215 Å². The number of carbonyl (C=O) groups is 9. The van der Waals surface area contributed by atoms with E-state index >= 15 is 0 Å². The van der Waals surface area contributed by atoms with Crippen LogP contribution in [0.2, 0.25) is 0 Å². The van der Waals surface area contributed by atoms with Crippen LogP contribution in [0, 0.1) is 5.92 Å². The molecule has 0 unspecified atom stereocenters. The number of imidazole rings is 1. The molecule has 84 heavy (non-hydrogen) atoms. The number of aryl methyl sites for hydroxylation is 1. The van der Waals surface area contributed by atoms with Crippen molar-refractivity contribution in [1.29, 1.82) is 0 Å². The molecule has 10 amide bonds. The predicted octanol–water partition coefficient (Wildman–Crippen LogP) is -3.60. The Balaban J connectivity index is 1.06. The second-order valence-corrected chi connectivity index (χ2v) is 22.6. The summed E-state index contributed by atoms with van der Waals surface area (Å²) < 4.78 is 18.4. The number of aromatic amines is 1. The molecule has 3 aliphatic heterocycles. The summed E-state index contributed by atoms with van der Waals surface area (Å²) in [5.74, 6) is -4.64. The first-order chi connectivity index (χ1) is 40.5. The molecule has 470 valence electrons. The number of nitrogens with one attached hydrogen (secondary N) is 11. The molecular weight excluding hydrogens is 1110 g/mol. The number of aliphatic hydroxyl groups is 1. The number of H-pyrrole nitrogens is 1. The van der Waals surface area contributed by atoms with Crippen molar-refractivity contribution in [3.05, 3.63) is 30.1 Å². The predicted molar refractivity (Wildman–Crippen MR) is 307 cm³/mol. The Morgan fingerprint density at radius 2 is 1.46 bits per heavy atom. The Hall–Kier alpha value is -6.51. The number of amides is 10. The average Bonchev–Trinajstić information content (AvgIpc) is 3.94. The number of aromatic nitrogens is 5. The second kappa shape index (κ2) is 37.7. The third-order valence-corrected chi connectivity index (χ3v) is 15.7. The van der Waals surface area contributed by atoms with Crippen molar-refractivity contribution >= 4 is 65.1 Å². The minimum Gasteiger partial charge on any atom is -0.394 e. The number of ether oxygens (including phenoxy) is 3. The van der Waals surface area contributed by atoms with Gasteiger partial charge in [0.05, 0.1) is 69.7 Å². The molecule has 16 N–H and O–H groups in total. The van der Waals surface area contributed by atoms with Gasteiger partial charge in [-0.3, -0.25) is 43.0 Å². The molecule has 31 heteroatoms. The lowest BCUT2D eigenvalue weighted by Crippen LogP contribution is -2.60. The van der Waals surface area contributed by atoms with Gasteiger partial charge in [0.1, 0.15) is 30.2 Å². The quantitative estimate of drug-likeness (QED) is 0.0289. The van der Waals surface area contributed by atoms with Gasteiger partial charge in [0, 0.05) is 81.2 Å². The number of hydrogen-bond donors (Lipinski definition) is 14. The molecule has 2 bridgehead atoms. The van der Waals surface area contributed by atoms with Crippen LogP contribution in [0.1, 0.15) is 102 Å². The maximum Gasteiger partial charge on any atom is 0.315 e. The molecule has 5 rings (SSSR count). The van der Waals surface area contributed by atoms with Gasteiger partial charge in [-0.25, -0.2) is 9.78 Å². The van der Waals surface area contributed by atoms with Crippen LogP contribution in [0.5, 0.6) is 0 Å². The zero-order valence-electron chi connectivity index (χ0n) is 48.3. The van der Waals surface area contributed by atoms with E-state index in [2.05, 4.69) is 73.4 Å². The zero-order valence-corrected chi connectivity index (χ0v) is 49.1. The van der Waals surface area contributed by atoms with E-state index in [1.807, 2.05) is 11.8 Å². The van der Waals surface area contributed by atoms with Crippen molar-refractivity contribution in [2.45, 2.75) is 164 Å². The van der Waals surface area contributed by atoms with Crippen LogP contribution in [-0.2, 0) is 72.0 Å². The van der Waals surface area contributed by atoms with E-state index in [4.69, 9.17) is 25.7 Å². The van der Waals surface area contributed by atoms with E-state index in [1.54, 1.807) is 24.7 Å². The average molecular weight is 1200 g/mol. The van der Waals surface area contributed by atoms with Crippen molar-refractivity contribution in [2.24, 2.45) is 17.4 Å². The highest BCUT2D eigenvalue weighted by Crippen LogP contribution is 2.33. The van der Waals surface area contributed by atoms with Gasteiger partial charge in [-0.05, 0) is 76.7 Å². The number of fused-ring (bicyclic) bond motifs is 3. The maximum absolute atomic E-state index is 14.1. The van der Waals surface area contributed by atoms with Crippen LogP contribution in [0.25, 0.3) is 0 Å². The highest BCUT2D eigenvalue weighted by molar-refractivity contribution is 8.00. The number of nitrogens with two attached hydrogens (primary N) is 2. The molecule has 9 atom stereocenters. The number of aliphatic hydroxyl groups excluding tert-OH is 1. The van der Waals surface area contributed by atoms with E-state index in [1.165, 1.54) is 12.5 Å². The summed E-state index contributed by atoms with van der Waals surface area (Å²) in [4.78, 5) is 126. The van der Waals surface area contributed by atoms with Crippen LogP contribution in [0.4, 0.5) is 4.79 Å². The first-order valence-electron chi connectivity index (χ1n) is 29.2. The summed E-state index contributed by atoms with van der Waals surface area (Å²) in [5.41, 5.74) is 12.9. The molecule has 2 saturated heterocycles. The number of rotatable bonds is 28. The van der Waals surface area contributed by atoms with Crippen LogP contribution in [0.3, 0.4) is 0 Å². The van der Waals surface area contributed by atoms with Crippen LogP contribution < -0.4 is 64.6 Å². The number of nitrogens with zero attached hydrogens (tertiary/aromatic N) is 4. The van der Waals surface area contributed by atoms with E-state index in [-0.39, 0.29) is 62.8 Å². The normalized spacial score (nSPS) is 24.3. The minimum absolute atomic E-state index is 0.0194. The summed E-state index contributed by atoms with van der Waals surface area (Å²) in [5, 5.41) is 46.2. The fraction of sp³-hybridized carbons (Fsp3) is 0.736. The molecule has 2 aromatic heterocycles. The Labute approximate surface area is 493 Å². The summed E-state index contributed by atoms with van der Waals surface area (Å²) in [6, 6.07) is -7.16. The van der Waals surface area contributed by atoms with Gasteiger partial charge < -0.3 is 88.9 Å². The summed E-state index contributed by atoms with van der Waals surface area (Å²) in [7, 11) is 0. The lowest BCUT2D eigenvalue weighted by molar-refractivity contribution is -0.135. The van der Waals surface area contributed by atoms with Crippen molar-refractivity contribution < 1.29 is 62.5 Å². The molecule has 0 radical (unpaired) electrons. The van der Waals surface area contributed by atoms with Crippen LogP contribution >= 0.6 is 11.8 Å². The first-order valence-corrected chi connectivity index (χ1v) is 30.3. The standard InChI is InChI=1S/C53H89N17O13S/c1-33(2)45-52(79)63-39(26-34-27-56-32-60-34)51(78)62-38(11-5-7-15-54)50(77)64-40(30-71)49(76)59-28-44(73)61-37(12-6-8-18-70-29-35(68-69-70)25-36(55)47(74)66-45)48(75)58-17-10-20-82-22-24-83-23-21-81-19-9-16-57-43(72)14-4-3-13-42-46-41(31-84-42)65-53(80)67-46/h27,29,32-33,36-42,45-46,71H,3-26,28,30-31,54-55H2,1-2H3,(H,56,60)(H,57,72)(H,58,75)(H,59,76)(H,61,73)(H,62,78)(H,63,79)(H,64,77)(H,66,74)(H2,65,67,80)/t36-,37-,38-,39-,40-,41+,42+,45-,46+/m0/s1. The van der Waals surface area contributed by atoms with Gasteiger partial charge in [0.15, 0.2) is 0 Å². The Kier molecular flexibility index (Phi) is 30.7. The van der Waals surface area contributed by atoms with Gasteiger partial charge in [0.2, 0.25) is 47.3 Å². The lowest BCUT2D eigenvalue weighted by atomic mass is 10.0. The van der Waals surface area contributed by atoms with Gasteiger partial charge in [0.25, 0.3) is 0 Å². The topological polar surface area (TPSA) is 433 Å². The van der Waals surface area contributed by atoms with Crippen LogP contribution in [0.15, 0.2) is 18.7 Å². The SMILES string of the molecule is CC(C)[C@@H]1NC(=O)[C@@H](N)Cc2cn(nn2)CCCC[C@@H](C(=O)NCCCOCCOCCOCCCNC(=O)CCCC[C@H]2SC[C@H]3NC(=O)N[C@H]32)NC(=O)CNC(=O)[C@H](CO)NC(=O)[C@H](CCCCN)NC(=O)[C@H](Cc2cnc[nH]2)NC1=O. The molecule has 30 nitrogen and oxygen atoms in total. The van der Waals surface area contributed by atoms with E-state index in [0.717, 1.165) is 25.0 Å². The molecule has 0 saturated carbocycles. The number of hydrogen-bond acceptors (Lipinski definition) is 19. The molecular formula is C53H89N17O13S. The van der Waals surface area contributed by atoms with Crippen molar-refractivity contribution in [1.82, 2.24) is 78.1 Å². The largest absolute Gasteiger partial charge is 0.394 e. The van der Waals surface area contributed by atoms with Gasteiger partial charge >= 0.3 is 6.03 Å². The second-order valence-electron chi connectivity index (χ2n) is 21.3. The number of carbonyl (C=O) groups excluding carboxylic acids is 9. The van der Waals surface area contributed by atoms with Crippen molar-refractivity contribution in [3.63, 3.8) is 0 Å². The molecule has 3 aliphatic rings. The Bertz CT molecular complexity index is 2390. The highest BCUT2D eigenvalue weighted by atomic mass is 32.2. The van der Waals surface area contributed by atoms with Crippen molar-refractivity contribution in [3.8, 4) is 0 Å². The Morgan fingerprint density at radius 1 is 0.774 bits per heavy atom. The third-order valence-electron chi connectivity index (χ3n) is 14.2. The molecule has 5 heterocycles. The Morgan fingerprint density at radius 3 is 2.17 bits per heavy atom. The molecule has 2 aromatic rings. The maximum atomic E-state index is 14.1. The summed E-state index contributed by atoms with van der Waals surface area (Å²) in [6.45, 7) is 5.49. The minimum atomic E-state index is -1.56. The van der Waals surface area contributed by atoms with E-state index < -0.39 is 96.7 Å². The molecule has 0 aliphatic carbocycles. The number of unbranched alkanes of at least 4 members (excludes halogenated alkanes) is 2. The smallest absolute Gasteiger partial charge is 0.315 e. The third kappa shape index (κ3) is 24.6. The van der Waals surface area contributed by atoms with Crippen molar-refractivity contribution in [2.75, 3.05) is 78.2 Å². The van der Waals surface area contributed by atoms with E-state index in [9.17, 15) is 48.3 Å². The number of thioether (sulfide) groups is 1. The molecule has 2 fully saturated rings. The highest BCUT2D eigenvalue weighted by Gasteiger charge is 2.42. The molecule has 0 spiro atoms. The molecule has 0 aromatic carbocycles.